The lowest BCUT2D eigenvalue weighted by Gasteiger charge is -2.05. The van der Waals surface area contributed by atoms with Gasteiger partial charge in [-0.1, -0.05) is 0 Å². The lowest BCUT2D eigenvalue weighted by Crippen LogP contribution is -2.13. The van der Waals surface area contributed by atoms with Crippen molar-refractivity contribution in [3.8, 4) is 0 Å². The average molecular weight is 234 g/mol. The SMILES string of the molecule is Cc1cc(C(=O)Nc2cc(N)ccc2F)n[nH]1. The zero-order valence-electron chi connectivity index (χ0n) is 9.12. The number of carbonyl (C=O) groups is 1. The van der Waals surface area contributed by atoms with E-state index < -0.39 is 11.7 Å². The molecule has 1 heterocycles. The molecule has 0 aliphatic heterocycles. The zero-order chi connectivity index (χ0) is 12.4. The van der Waals surface area contributed by atoms with Crippen molar-refractivity contribution in [1.29, 1.82) is 0 Å². The number of rotatable bonds is 2. The van der Waals surface area contributed by atoms with Gasteiger partial charge in [-0.15, -0.1) is 0 Å². The molecule has 2 aromatic rings. The van der Waals surface area contributed by atoms with Crippen molar-refractivity contribution in [1.82, 2.24) is 10.2 Å². The molecule has 0 atom stereocenters. The average Bonchev–Trinajstić information content (AvgIpc) is 2.70. The Morgan fingerprint density at radius 2 is 2.24 bits per heavy atom. The normalized spacial score (nSPS) is 10.2. The molecule has 2 rings (SSSR count). The second-order valence-electron chi connectivity index (χ2n) is 3.63. The maximum Gasteiger partial charge on any atom is 0.276 e. The number of nitrogens with two attached hydrogens (primary N) is 1. The van der Waals surface area contributed by atoms with E-state index in [0.717, 1.165) is 5.69 Å². The van der Waals surface area contributed by atoms with Gasteiger partial charge in [0.25, 0.3) is 5.91 Å². The number of nitrogen functional groups attached to an aromatic ring is 1. The molecule has 0 saturated carbocycles. The Hall–Kier alpha value is -2.37. The van der Waals surface area contributed by atoms with Crippen molar-refractivity contribution < 1.29 is 9.18 Å². The van der Waals surface area contributed by atoms with E-state index in [4.69, 9.17) is 5.73 Å². The lowest BCUT2D eigenvalue weighted by molar-refractivity contribution is 0.102. The number of aryl methyl sites for hydroxylation is 1. The van der Waals surface area contributed by atoms with Crippen LogP contribution >= 0.6 is 0 Å². The number of halogens is 1. The van der Waals surface area contributed by atoms with Crippen molar-refractivity contribution in [2.24, 2.45) is 0 Å². The van der Waals surface area contributed by atoms with Gasteiger partial charge >= 0.3 is 0 Å². The number of hydrogen-bond acceptors (Lipinski definition) is 3. The van der Waals surface area contributed by atoms with Crippen LogP contribution in [0.1, 0.15) is 16.2 Å². The maximum atomic E-state index is 13.4. The number of amides is 1. The van der Waals surface area contributed by atoms with Gasteiger partial charge in [-0.2, -0.15) is 5.10 Å². The molecular weight excluding hydrogens is 223 g/mol. The van der Waals surface area contributed by atoms with Crippen LogP contribution < -0.4 is 11.1 Å². The van der Waals surface area contributed by atoms with Crippen LogP contribution in [-0.4, -0.2) is 16.1 Å². The first-order chi connectivity index (χ1) is 8.06. The molecule has 0 bridgehead atoms. The number of carbonyl (C=O) groups excluding carboxylic acids is 1. The predicted molar refractivity (Wildman–Crippen MR) is 62.1 cm³/mol. The molecule has 1 aromatic carbocycles. The zero-order valence-corrected chi connectivity index (χ0v) is 9.12. The molecule has 5 nitrogen and oxygen atoms in total. The maximum absolute atomic E-state index is 13.4. The predicted octanol–water partition coefficient (Wildman–Crippen LogP) is 1.69. The van der Waals surface area contributed by atoms with Crippen LogP contribution in [0.25, 0.3) is 0 Å². The van der Waals surface area contributed by atoms with E-state index in [9.17, 15) is 9.18 Å². The summed E-state index contributed by atoms with van der Waals surface area (Å²) in [6, 6.07) is 5.54. The first-order valence-electron chi connectivity index (χ1n) is 4.94. The smallest absolute Gasteiger partial charge is 0.276 e. The Kier molecular flexibility index (Phi) is 2.78. The van der Waals surface area contributed by atoms with E-state index in [-0.39, 0.29) is 11.4 Å². The molecule has 0 fully saturated rings. The van der Waals surface area contributed by atoms with Crippen molar-refractivity contribution in [3.05, 3.63) is 41.5 Å². The third-order valence-corrected chi connectivity index (χ3v) is 2.18. The summed E-state index contributed by atoms with van der Waals surface area (Å²) in [5, 5.41) is 8.81. The molecule has 0 spiro atoms. The fraction of sp³-hybridized carbons (Fsp3) is 0.0909. The van der Waals surface area contributed by atoms with Gasteiger partial charge in [0.2, 0.25) is 0 Å². The summed E-state index contributed by atoms with van der Waals surface area (Å²) in [4.78, 5) is 11.7. The Morgan fingerprint density at radius 1 is 1.47 bits per heavy atom. The van der Waals surface area contributed by atoms with Crippen LogP contribution in [0.3, 0.4) is 0 Å². The molecule has 88 valence electrons. The van der Waals surface area contributed by atoms with E-state index in [1.165, 1.54) is 18.2 Å². The fourth-order valence-corrected chi connectivity index (χ4v) is 1.36. The standard InChI is InChI=1S/C11H11FN4O/c1-6-4-10(16-15-6)11(17)14-9-5-7(13)2-3-8(9)12/h2-5H,13H2,1H3,(H,14,17)(H,15,16). The van der Waals surface area contributed by atoms with Crippen molar-refractivity contribution in [2.45, 2.75) is 6.92 Å². The Morgan fingerprint density at radius 3 is 2.88 bits per heavy atom. The number of benzene rings is 1. The quantitative estimate of drug-likeness (QED) is 0.691. The minimum absolute atomic E-state index is 0.0376. The Balaban J connectivity index is 2.21. The van der Waals surface area contributed by atoms with Gasteiger partial charge in [0.15, 0.2) is 5.69 Å². The molecule has 0 radical (unpaired) electrons. The van der Waals surface area contributed by atoms with Crippen LogP contribution in [0.4, 0.5) is 15.8 Å². The van der Waals surface area contributed by atoms with Crippen LogP contribution in [0, 0.1) is 12.7 Å². The second-order valence-corrected chi connectivity index (χ2v) is 3.63. The van der Waals surface area contributed by atoms with Crippen LogP contribution in [0.5, 0.6) is 0 Å². The van der Waals surface area contributed by atoms with Crippen LogP contribution in [-0.2, 0) is 0 Å². The van der Waals surface area contributed by atoms with Gasteiger partial charge in [0.05, 0.1) is 5.69 Å². The summed E-state index contributed by atoms with van der Waals surface area (Å²) in [7, 11) is 0. The van der Waals surface area contributed by atoms with E-state index in [1.807, 2.05) is 0 Å². The summed E-state index contributed by atoms with van der Waals surface area (Å²) in [5.41, 5.74) is 6.87. The highest BCUT2D eigenvalue weighted by molar-refractivity contribution is 6.03. The summed E-state index contributed by atoms with van der Waals surface area (Å²) < 4.78 is 13.4. The van der Waals surface area contributed by atoms with Crippen molar-refractivity contribution in [3.63, 3.8) is 0 Å². The monoisotopic (exact) mass is 234 g/mol. The summed E-state index contributed by atoms with van der Waals surface area (Å²) in [5.74, 6) is -1.03. The van der Waals surface area contributed by atoms with Gasteiger partial charge in [-0.3, -0.25) is 9.89 Å². The number of aromatic nitrogens is 2. The number of hydrogen-bond donors (Lipinski definition) is 3. The Bertz CT molecular complexity index is 564. The molecule has 0 saturated heterocycles. The molecule has 17 heavy (non-hydrogen) atoms. The van der Waals surface area contributed by atoms with Crippen molar-refractivity contribution in [2.75, 3.05) is 11.1 Å². The van der Waals surface area contributed by atoms with E-state index >= 15 is 0 Å². The van der Waals surface area contributed by atoms with Gasteiger partial charge in [0, 0.05) is 11.4 Å². The minimum atomic E-state index is -0.542. The van der Waals surface area contributed by atoms with E-state index in [1.54, 1.807) is 13.0 Å². The summed E-state index contributed by atoms with van der Waals surface area (Å²) in [6.45, 7) is 1.77. The molecule has 0 unspecified atom stereocenters. The number of aromatic amines is 1. The highest BCUT2D eigenvalue weighted by atomic mass is 19.1. The van der Waals surface area contributed by atoms with Crippen LogP contribution in [0.15, 0.2) is 24.3 Å². The van der Waals surface area contributed by atoms with Crippen LogP contribution in [0.2, 0.25) is 0 Å². The largest absolute Gasteiger partial charge is 0.399 e. The van der Waals surface area contributed by atoms with E-state index in [0.29, 0.717) is 5.69 Å². The minimum Gasteiger partial charge on any atom is -0.399 e. The Labute approximate surface area is 96.8 Å². The van der Waals surface area contributed by atoms with Gasteiger partial charge in [0.1, 0.15) is 5.82 Å². The van der Waals surface area contributed by atoms with Gasteiger partial charge in [-0.05, 0) is 31.2 Å². The molecule has 0 aliphatic carbocycles. The molecule has 6 heteroatoms. The summed E-state index contributed by atoms with van der Waals surface area (Å²) >= 11 is 0. The number of H-pyrrole nitrogens is 1. The molecule has 1 aromatic heterocycles. The summed E-state index contributed by atoms with van der Waals surface area (Å²) in [6.07, 6.45) is 0. The second kappa shape index (κ2) is 4.25. The molecule has 1 amide bonds. The first kappa shape index (κ1) is 11.1. The number of anilines is 2. The molecule has 4 N–H and O–H groups in total. The van der Waals surface area contributed by atoms with Crippen molar-refractivity contribution >= 4 is 17.3 Å². The highest BCUT2D eigenvalue weighted by Gasteiger charge is 2.12. The number of nitrogens with zero attached hydrogens (tertiary/aromatic N) is 1. The third-order valence-electron chi connectivity index (χ3n) is 2.18. The highest BCUT2D eigenvalue weighted by Crippen LogP contribution is 2.18. The van der Waals surface area contributed by atoms with E-state index in [2.05, 4.69) is 15.5 Å². The number of nitrogens with one attached hydrogen (secondary N) is 2. The fourth-order valence-electron chi connectivity index (χ4n) is 1.36. The topological polar surface area (TPSA) is 83.8 Å². The van der Waals surface area contributed by atoms with Gasteiger partial charge in [-0.25, -0.2) is 4.39 Å². The lowest BCUT2D eigenvalue weighted by atomic mass is 10.2. The first-order valence-corrected chi connectivity index (χ1v) is 4.94. The van der Waals surface area contributed by atoms with Gasteiger partial charge < -0.3 is 11.1 Å². The molecule has 0 aliphatic rings. The molecular formula is C11H11FN4O. The third kappa shape index (κ3) is 2.41.